The van der Waals surface area contributed by atoms with E-state index in [-0.39, 0.29) is 43.0 Å². The fourth-order valence-electron chi connectivity index (χ4n) is 2.98. The molecule has 0 aliphatic carbocycles. The maximum absolute atomic E-state index is 13.1. The van der Waals surface area contributed by atoms with Crippen LogP contribution in [0.4, 0.5) is 0 Å². The van der Waals surface area contributed by atoms with Crippen molar-refractivity contribution in [3.8, 4) is 6.01 Å². The summed E-state index contributed by atoms with van der Waals surface area (Å²) in [5.74, 6) is 0. The van der Waals surface area contributed by atoms with Gasteiger partial charge in [-0.25, -0.2) is 4.79 Å². The number of aliphatic hydroxyl groups is 1. The summed E-state index contributed by atoms with van der Waals surface area (Å²) in [7, 11) is 1.57. The van der Waals surface area contributed by atoms with Crippen molar-refractivity contribution in [2.45, 2.75) is 46.4 Å². The molecule has 0 aromatic carbocycles. The Hall–Kier alpha value is -2.94. The second-order valence-electron chi connectivity index (χ2n) is 7.02. The molecule has 1 N–H and O–H groups in total. The first-order chi connectivity index (χ1) is 13.3. The fourth-order valence-corrected chi connectivity index (χ4v) is 2.98. The van der Waals surface area contributed by atoms with Crippen LogP contribution in [0.5, 0.6) is 6.01 Å². The van der Waals surface area contributed by atoms with Gasteiger partial charge in [0.25, 0.3) is 11.6 Å². The molecule has 3 rings (SSSR count). The molecule has 150 valence electrons. The van der Waals surface area contributed by atoms with Crippen LogP contribution in [-0.2, 0) is 20.1 Å². The van der Waals surface area contributed by atoms with E-state index in [9.17, 15) is 9.59 Å². The number of rotatable bonds is 7. The standard InChI is InChI=1S/C19H25N5O4/c1-12(2)28-18-21-16-15(24(18)11-14-7-6-13(3)10-20-14)17(26)23(8-5-9-25)19(27)22(16)4/h6-7,10,12,25H,5,8-9,11H2,1-4H3. The summed E-state index contributed by atoms with van der Waals surface area (Å²) in [6.07, 6.45) is 1.91. The number of aliphatic hydroxyl groups excluding tert-OH is 1. The Morgan fingerprint density at radius 3 is 2.57 bits per heavy atom. The summed E-state index contributed by atoms with van der Waals surface area (Å²) in [4.78, 5) is 34.5. The van der Waals surface area contributed by atoms with Gasteiger partial charge in [-0.1, -0.05) is 6.07 Å². The lowest BCUT2D eigenvalue weighted by Crippen LogP contribution is -2.40. The van der Waals surface area contributed by atoms with Crippen molar-refractivity contribution >= 4 is 11.2 Å². The van der Waals surface area contributed by atoms with Crippen LogP contribution in [0.15, 0.2) is 27.9 Å². The van der Waals surface area contributed by atoms with Gasteiger partial charge in [-0.05, 0) is 38.8 Å². The third kappa shape index (κ3) is 3.70. The van der Waals surface area contributed by atoms with Crippen LogP contribution in [0.25, 0.3) is 11.2 Å². The Kier molecular flexibility index (Phi) is 5.64. The van der Waals surface area contributed by atoms with Crippen LogP contribution in [0.2, 0.25) is 0 Å². The predicted octanol–water partition coefficient (Wildman–Crippen LogP) is 0.818. The lowest BCUT2D eigenvalue weighted by Gasteiger charge is -2.12. The van der Waals surface area contributed by atoms with Crippen molar-refractivity contribution in [1.29, 1.82) is 0 Å². The Bertz CT molecular complexity index is 1090. The van der Waals surface area contributed by atoms with Crippen molar-refractivity contribution in [1.82, 2.24) is 23.7 Å². The van der Waals surface area contributed by atoms with Crippen molar-refractivity contribution in [2.75, 3.05) is 6.61 Å². The van der Waals surface area contributed by atoms with E-state index in [4.69, 9.17) is 9.84 Å². The number of pyridine rings is 1. The molecule has 0 saturated carbocycles. The van der Waals surface area contributed by atoms with Gasteiger partial charge in [0.2, 0.25) is 0 Å². The molecule has 3 aromatic heterocycles. The van der Waals surface area contributed by atoms with Crippen LogP contribution in [-0.4, -0.2) is 41.5 Å². The van der Waals surface area contributed by atoms with E-state index < -0.39 is 11.2 Å². The summed E-state index contributed by atoms with van der Waals surface area (Å²) in [5.41, 5.74) is 1.39. The van der Waals surface area contributed by atoms with Crippen molar-refractivity contribution in [3.63, 3.8) is 0 Å². The average Bonchev–Trinajstić information content (AvgIpc) is 2.99. The summed E-state index contributed by atoms with van der Waals surface area (Å²) in [5, 5.41) is 9.10. The largest absolute Gasteiger partial charge is 0.462 e. The summed E-state index contributed by atoms with van der Waals surface area (Å²) in [6.45, 7) is 5.99. The van der Waals surface area contributed by atoms with Gasteiger partial charge in [-0.2, -0.15) is 4.98 Å². The highest BCUT2D eigenvalue weighted by atomic mass is 16.5. The van der Waals surface area contributed by atoms with Gasteiger partial charge in [0.1, 0.15) is 0 Å². The SMILES string of the molecule is Cc1ccc(Cn2c(OC(C)C)nc3c2c(=O)n(CCCO)c(=O)n3C)nc1. The fraction of sp³-hybridized carbons (Fsp3) is 0.474. The van der Waals surface area contributed by atoms with Crippen LogP contribution >= 0.6 is 0 Å². The summed E-state index contributed by atoms with van der Waals surface area (Å²) in [6, 6.07) is 4.09. The molecule has 0 unspecified atom stereocenters. The van der Waals surface area contributed by atoms with Crippen LogP contribution in [0.3, 0.4) is 0 Å². The van der Waals surface area contributed by atoms with Gasteiger partial charge in [-0.3, -0.25) is 23.5 Å². The Labute approximate surface area is 161 Å². The second kappa shape index (κ2) is 7.97. The van der Waals surface area contributed by atoms with Gasteiger partial charge in [-0.15, -0.1) is 0 Å². The topological polar surface area (TPSA) is 104 Å². The number of aromatic nitrogens is 5. The van der Waals surface area contributed by atoms with E-state index in [1.165, 1.54) is 4.57 Å². The highest BCUT2D eigenvalue weighted by molar-refractivity contribution is 5.72. The first-order valence-electron chi connectivity index (χ1n) is 9.22. The highest BCUT2D eigenvalue weighted by Gasteiger charge is 2.22. The molecule has 3 heterocycles. The molecule has 0 atom stereocenters. The molecule has 0 radical (unpaired) electrons. The van der Waals surface area contributed by atoms with E-state index in [0.29, 0.717) is 6.42 Å². The van der Waals surface area contributed by atoms with E-state index in [1.807, 2.05) is 32.9 Å². The Balaban J connectivity index is 2.25. The maximum atomic E-state index is 13.1. The van der Waals surface area contributed by atoms with Gasteiger partial charge in [0.05, 0.1) is 18.3 Å². The first kappa shape index (κ1) is 19.8. The van der Waals surface area contributed by atoms with Crippen molar-refractivity contribution in [3.05, 3.63) is 50.4 Å². The molecule has 0 fully saturated rings. The minimum atomic E-state index is -0.472. The molecular formula is C19H25N5O4. The minimum absolute atomic E-state index is 0.109. The molecule has 3 aromatic rings. The summed E-state index contributed by atoms with van der Waals surface area (Å²) >= 11 is 0. The maximum Gasteiger partial charge on any atom is 0.332 e. The molecular weight excluding hydrogens is 362 g/mol. The minimum Gasteiger partial charge on any atom is -0.462 e. The van der Waals surface area contributed by atoms with Gasteiger partial charge in [0.15, 0.2) is 11.2 Å². The normalized spacial score (nSPS) is 11.5. The zero-order valence-electron chi connectivity index (χ0n) is 16.5. The van der Waals surface area contributed by atoms with E-state index in [2.05, 4.69) is 9.97 Å². The number of fused-ring (bicyclic) bond motifs is 1. The molecule has 0 aliphatic rings. The monoisotopic (exact) mass is 387 g/mol. The third-order valence-electron chi connectivity index (χ3n) is 4.37. The number of aryl methyl sites for hydroxylation is 2. The molecule has 0 bridgehead atoms. The molecule has 0 aliphatic heterocycles. The molecule has 0 saturated heterocycles. The molecule has 28 heavy (non-hydrogen) atoms. The molecule has 9 nitrogen and oxygen atoms in total. The van der Waals surface area contributed by atoms with E-state index in [1.54, 1.807) is 17.8 Å². The van der Waals surface area contributed by atoms with Gasteiger partial charge in [0, 0.05) is 26.4 Å². The molecule has 0 spiro atoms. The van der Waals surface area contributed by atoms with Crippen LogP contribution in [0.1, 0.15) is 31.5 Å². The first-order valence-corrected chi connectivity index (χ1v) is 9.22. The van der Waals surface area contributed by atoms with E-state index in [0.717, 1.165) is 15.8 Å². The third-order valence-corrected chi connectivity index (χ3v) is 4.37. The van der Waals surface area contributed by atoms with Gasteiger partial charge >= 0.3 is 5.69 Å². The Morgan fingerprint density at radius 1 is 1.21 bits per heavy atom. The quantitative estimate of drug-likeness (QED) is 0.644. The number of ether oxygens (including phenoxy) is 1. The number of hydrogen-bond acceptors (Lipinski definition) is 6. The number of hydrogen-bond donors (Lipinski definition) is 1. The van der Waals surface area contributed by atoms with E-state index >= 15 is 0 Å². The Morgan fingerprint density at radius 2 is 1.96 bits per heavy atom. The van der Waals surface area contributed by atoms with Crippen molar-refractivity contribution < 1.29 is 9.84 Å². The van der Waals surface area contributed by atoms with Crippen LogP contribution in [0, 0.1) is 6.92 Å². The zero-order chi connectivity index (χ0) is 20.4. The molecule has 9 heteroatoms. The van der Waals surface area contributed by atoms with Crippen LogP contribution < -0.4 is 16.0 Å². The van der Waals surface area contributed by atoms with Crippen molar-refractivity contribution in [2.24, 2.45) is 7.05 Å². The summed E-state index contributed by atoms with van der Waals surface area (Å²) < 4.78 is 9.93. The lowest BCUT2D eigenvalue weighted by atomic mass is 10.3. The highest BCUT2D eigenvalue weighted by Crippen LogP contribution is 2.20. The second-order valence-corrected chi connectivity index (χ2v) is 7.02. The molecule has 0 amide bonds. The lowest BCUT2D eigenvalue weighted by molar-refractivity contribution is 0.214. The zero-order valence-corrected chi connectivity index (χ0v) is 16.5. The number of imidazole rings is 1. The van der Waals surface area contributed by atoms with Gasteiger partial charge < -0.3 is 9.84 Å². The smallest absolute Gasteiger partial charge is 0.332 e. The average molecular weight is 387 g/mol. The predicted molar refractivity (Wildman–Crippen MR) is 105 cm³/mol. The number of nitrogens with zero attached hydrogens (tertiary/aromatic N) is 5.